The molecule has 0 aliphatic heterocycles. The summed E-state index contributed by atoms with van der Waals surface area (Å²) in [6.07, 6.45) is 1.94. The van der Waals surface area contributed by atoms with Gasteiger partial charge >= 0.3 is 0 Å². The predicted molar refractivity (Wildman–Crippen MR) is 65.3 cm³/mol. The highest BCUT2D eigenvalue weighted by Gasteiger charge is 2.06. The number of nitrogen functional groups attached to an aromatic ring is 1. The van der Waals surface area contributed by atoms with Gasteiger partial charge in [0.1, 0.15) is 0 Å². The van der Waals surface area contributed by atoms with Gasteiger partial charge in [-0.05, 0) is 34.5 Å². The van der Waals surface area contributed by atoms with Gasteiger partial charge in [-0.2, -0.15) is 11.3 Å². The fourth-order valence-electron chi connectivity index (χ4n) is 1.28. The maximum atomic E-state index is 11.6. The summed E-state index contributed by atoms with van der Waals surface area (Å²) < 4.78 is 0. The second kappa shape index (κ2) is 4.76. The maximum absolute atomic E-state index is 11.6. The van der Waals surface area contributed by atoms with Gasteiger partial charge in [-0.25, -0.2) is 4.98 Å². The standard InChI is InChI=1S/C11H11N3OS/c12-9-2-1-4-13-11(9)14-10(15)6-8-3-5-16-7-8/h1-5,7H,6,12H2,(H,13,14,15). The first-order valence-corrected chi connectivity index (χ1v) is 5.71. The van der Waals surface area contributed by atoms with E-state index in [0.717, 1.165) is 5.56 Å². The van der Waals surface area contributed by atoms with Crippen molar-refractivity contribution in [1.29, 1.82) is 0 Å². The van der Waals surface area contributed by atoms with E-state index >= 15 is 0 Å². The van der Waals surface area contributed by atoms with E-state index in [4.69, 9.17) is 5.73 Å². The summed E-state index contributed by atoms with van der Waals surface area (Å²) in [5.74, 6) is 0.312. The summed E-state index contributed by atoms with van der Waals surface area (Å²) in [5, 5.41) is 6.57. The number of hydrogen-bond donors (Lipinski definition) is 2. The number of amides is 1. The molecule has 0 unspecified atom stereocenters. The fourth-order valence-corrected chi connectivity index (χ4v) is 1.95. The van der Waals surface area contributed by atoms with E-state index in [9.17, 15) is 4.79 Å². The Bertz CT molecular complexity index is 482. The van der Waals surface area contributed by atoms with Gasteiger partial charge in [0.25, 0.3) is 0 Å². The van der Waals surface area contributed by atoms with Crippen molar-refractivity contribution in [3.8, 4) is 0 Å². The van der Waals surface area contributed by atoms with Gasteiger partial charge in [0.2, 0.25) is 5.91 Å². The summed E-state index contributed by atoms with van der Waals surface area (Å²) >= 11 is 1.57. The van der Waals surface area contributed by atoms with Gasteiger partial charge in [0.15, 0.2) is 5.82 Å². The average Bonchev–Trinajstić information content (AvgIpc) is 2.74. The first kappa shape index (κ1) is 10.6. The number of thiophene rings is 1. The zero-order valence-corrected chi connectivity index (χ0v) is 9.33. The molecule has 5 heteroatoms. The third-order valence-electron chi connectivity index (χ3n) is 2.04. The molecule has 0 radical (unpaired) electrons. The number of nitrogens with zero attached hydrogens (tertiary/aromatic N) is 1. The van der Waals surface area contributed by atoms with E-state index in [1.165, 1.54) is 0 Å². The maximum Gasteiger partial charge on any atom is 0.230 e. The Morgan fingerprint density at radius 1 is 1.50 bits per heavy atom. The molecule has 2 aromatic rings. The summed E-state index contributed by atoms with van der Waals surface area (Å²) in [6, 6.07) is 5.35. The van der Waals surface area contributed by atoms with Crippen LogP contribution in [0.1, 0.15) is 5.56 Å². The molecule has 0 saturated carbocycles. The van der Waals surface area contributed by atoms with Gasteiger partial charge in [0, 0.05) is 6.20 Å². The topological polar surface area (TPSA) is 68.0 Å². The highest BCUT2D eigenvalue weighted by atomic mass is 32.1. The lowest BCUT2D eigenvalue weighted by Crippen LogP contribution is -2.16. The number of anilines is 2. The Labute approximate surface area is 97.1 Å². The lowest BCUT2D eigenvalue weighted by Gasteiger charge is -2.05. The summed E-state index contributed by atoms with van der Waals surface area (Å²) in [6.45, 7) is 0. The lowest BCUT2D eigenvalue weighted by molar-refractivity contribution is -0.115. The minimum atomic E-state index is -0.108. The number of nitrogens with two attached hydrogens (primary N) is 1. The van der Waals surface area contributed by atoms with E-state index in [1.807, 2.05) is 16.8 Å². The Kier molecular flexibility index (Phi) is 3.16. The van der Waals surface area contributed by atoms with Crippen molar-refractivity contribution >= 4 is 28.7 Å². The van der Waals surface area contributed by atoms with Crippen LogP contribution in [0.2, 0.25) is 0 Å². The smallest absolute Gasteiger partial charge is 0.230 e. The minimum Gasteiger partial charge on any atom is -0.396 e. The quantitative estimate of drug-likeness (QED) is 0.850. The molecule has 0 aliphatic rings. The van der Waals surface area contributed by atoms with Crippen LogP contribution < -0.4 is 11.1 Å². The molecular formula is C11H11N3OS. The number of rotatable bonds is 3. The summed E-state index contributed by atoms with van der Waals surface area (Å²) in [5.41, 5.74) is 7.14. The number of aromatic nitrogens is 1. The summed E-state index contributed by atoms with van der Waals surface area (Å²) in [4.78, 5) is 15.6. The molecule has 2 rings (SSSR count). The molecule has 0 atom stereocenters. The van der Waals surface area contributed by atoms with E-state index in [2.05, 4.69) is 10.3 Å². The van der Waals surface area contributed by atoms with E-state index in [-0.39, 0.29) is 5.91 Å². The first-order chi connectivity index (χ1) is 7.75. The molecule has 0 fully saturated rings. The number of carbonyl (C=O) groups is 1. The molecule has 2 heterocycles. The third kappa shape index (κ3) is 2.58. The van der Waals surface area contributed by atoms with Crippen LogP contribution in [0.4, 0.5) is 11.5 Å². The minimum absolute atomic E-state index is 0.108. The van der Waals surface area contributed by atoms with Crippen molar-refractivity contribution < 1.29 is 4.79 Å². The van der Waals surface area contributed by atoms with Crippen LogP contribution in [0, 0.1) is 0 Å². The Hall–Kier alpha value is -1.88. The Morgan fingerprint density at radius 2 is 2.38 bits per heavy atom. The Morgan fingerprint density at radius 3 is 3.06 bits per heavy atom. The van der Waals surface area contributed by atoms with Crippen molar-refractivity contribution in [3.05, 3.63) is 40.7 Å². The van der Waals surface area contributed by atoms with Crippen molar-refractivity contribution in [2.45, 2.75) is 6.42 Å². The molecule has 0 saturated heterocycles. The molecule has 0 bridgehead atoms. The predicted octanol–water partition coefficient (Wildman–Crippen LogP) is 1.91. The average molecular weight is 233 g/mol. The molecule has 16 heavy (non-hydrogen) atoms. The van der Waals surface area contributed by atoms with Crippen molar-refractivity contribution in [1.82, 2.24) is 4.98 Å². The van der Waals surface area contributed by atoms with Crippen LogP contribution >= 0.6 is 11.3 Å². The largest absolute Gasteiger partial charge is 0.396 e. The zero-order valence-electron chi connectivity index (χ0n) is 8.51. The van der Waals surface area contributed by atoms with Gasteiger partial charge in [-0.3, -0.25) is 4.79 Å². The second-order valence-corrected chi connectivity index (χ2v) is 4.08. The van der Waals surface area contributed by atoms with Gasteiger partial charge < -0.3 is 11.1 Å². The lowest BCUT2D eigenvalue weighted by atomic mass is 10.2. The van der Waals surface area contributed by atoms with Crippen LogP contribution in [0.3, 0.4) is 0 Å². The molecular weight excluding hydrogens is 222 g/mol. The molecule has 4 nitrogen and oxygen atoms in total. The highest BCUT2D eigenvalue weighted by molar-refractivity contribution is 7.08. The first-order valence-electron chi connectivity index (χ1n) is 4.77. The Balaban J connectivity index is 2.00. The van der Waals surface area contributed by atoms with Gasteiger partial charge in [0.05, 0.1) is 12.1 Å². The molecule has 0 spiro atoms. The third-order valence-corrected chi connectivity index (χ3v) is 2.77. The monoisotopic (exact) mass is 233 g/mol. The van der Waals surface area contributed by atoms with E-state index < -0.39 is 0 Å². The van der Waals surface area contributed by atoms with E-state index in [0.29, 0.717) is 17.9 Å². The van der Waals surface area contributed by atoms with Crippen LogP contribution in [0.5, 0.6) is 0 Å². The number of nitrogens with one attached hydrogen (secondary N) is 1. The van der Waals surface area contributed by atoms with Crippen molar-refractivity contribution in [3.63, 3.8) is 0 Å². The molecule has 82 valence electrons. The fraction of sp³-hybridized carbons (Fsp3) is 0.0909. The van der Waals surface area contributed by atoms with Gasteiger partial charge in [-0.1, -0.05) is 0 Å². The molecule has 0 aromatic carbocycles. The second-order valence-electron chi connectivity index (χ2n) is 3.30. The van der Waals surface area contributed by atoms with Crippen molar-refractivity contribution in [2.75, 3.05) is 11.1 Å². The molecule has 3 N–H and O–H groups in total. The normalized spacial score (nSPS) is 10.0. The number of pyridine rings is 1. The summed E-state index contributed by atoms with van der Waals surface area (Å²) in [7, 11) is 0. The SMILES string of the molecule is Nc1cccnc1NC(=O)Cc1ccsc1. The zero-order chi connectivity index (χ0) is 11.4. The molecule has 2 aromatic heterocycles. The van der Waals surface area contributed by atoms with Crippen LogP contribution in [-0.2, 0) is 11.2 Å². The molecule has 0 aliphatic carbocycles. The molecule has 1 amide bonds. The van der Waals surface area contributed by atoms with Crippen LogP contribution in [-0.4, -0.2) is 10.9 Å². The van der Waals surface area contributed by atoms with Gasteiger partial charge in [-0.15, -0.1) is 0 Å². The van der Waals surface area contributed by atoms with Crippen LogP contribution in [0.15, 0.2) is 35.2 Å². The number of hydrogen-bond acceptors (Lipinski definition) is 4. The highest BCUT2D eigenvalue weighted by Crippen LogP contribution is 2.14. The van der Waals surface area contributed by atoms with E-state index in [1.54, 1.807) is 29.7 Å². The number of carbonyl (C=O) groups excluding carboxylic acids is 1. The van der Waals surface area contributed by atoms with Crippen molar-refractivity contribution in [2.24, 2.45) is 0 Å². The van der Waals surface area contributed by atoms with Crippen LogP contribution in [0.25, 0.3) is 0 Å².